The Balaban J connectivity index is 2.11. The first-order chi connectivity index (χ1) is 11.2. The molecule has 2 N–H and O–H groups in total. The molecule has 0 amide bonds. The third kappa shape index (κ3) is 3.39. The number of pyridine rings is 2. The van der Waals surface area contributed by atoms with Crippen LogP contribution in [0.4, 0.5) is 0 Å². The van der Waals surface area contributed by atoms with Crippen LogP contribution in [0.1, 0.15) is 30.7 Å². The molecule has 2 aromatic heterocycles. The average molecular weight is 322 g/mol. The first kappa shape index (κ1) is 16.4. The van der Waals surface area contributed by atoms with E-state index in [4.69, 9.17) is 0 Å². The fourth-order valence-electron chi connectivity index (χ4n) is 3.00. The quantitative estimate of drug-likeness (QED) is 0.766. The van der Waals surface area contributed by atoms with Crippen molar-refractivity contribution in [1.29, 1.82) is 0 Å². The Kier molecular flexibility index (Phi) is 4.01. The predicted molar refractivity (Wildman–Crippen MR) is 96.1 cm³/mol. The van der Waals surface area contributed by atoms with Gasteiger partial charge < -0.3 is 10.2 Å². The molecule has 0 saturated carbocycles. The minimum absolute atomic E-state index is 0.229. The van der Waals surface area contributed by atoms with Crippen molar-refractivity contribution in [1.82, 2.24) is 9.97 Å². The lowest BCUT2D eigenvalue weighted by Gasteiger charge is -2.16. The lowest BCUT2D eigenvalue weighted by atomic mass is 10.0. The molecule has 0 aliphatic carbocycles. The third-order valence-electron chi connectivity index (χ3n) is 3.94. The first-order valence-electron chi connectivity index (χ1n) is 8.02. The Morgan fingerprint density at radius 1 is 1.00 bits per heavy atom. The predicted octanol–water partition coefficient (Wildman–Crippen LogP) is 3.93. The summed E-state index contributed by atoms with van der Waals surface area (Å²) >= 11 is 0. The molecule has 4 heteroatoms. The number of benzene rings is 1. The van der Waals surface area contributed by atoms with Gasteiger partial charge in [-0.25, -0.2) is 9.97 Å². The standard InChI is InChI=1S/C20H22N2O2/c1-12-9-13(2)18(17(23)10-12)16-8-6-14-5-7-15(11-20(3,4)24)21-19(14)22-16/h5-10,23-24H,11H2,1-4H3. The van der Waals surface area contributed by atoms with E-state index in [2.05, 4.69) is 9.97 Å². The molecule has 0 radical (unpaired) electrons. The number of hydrogen-bond acceptors (Lipinski definition) is 4. The number of aromatic nitrogens is 2. The van der Waals surface area contributed by atoms with E-state index in [1.807, 2.05) is 44.2 Å². The zero-order valence-corrected chi connectivity index (χ0v) is 14.5. The van der Waals surface area contributed by atoms with E-state index >= 15 is 0 Å². The van der Waals surface area contributed by atoms with Crippen molar-refractivity contribution in [3.63, 3.8) is 0 Å². The molecule has 0 atom stereocenters. The number of nitrogens with zero attached hydrogens (tertiary/aromatic N) is 2. The Bertz CT molecular complexity index is 888. The summed E-state index contributed by atoms with van der Waals surface area (Å²) in [6.07, 6.45) is 0.462. The molecular weight excluding hydrogens is 300 g/mol. The van der Waals surface area contributed by atoms with Crippen LogP contribution < -0.4 is 0 Å². The van der Waals surface area contributed by atoms with Gasteiger partial charge in [0, 0.05) is 23.1 Å². The molecule has 0 bridgehead atoms. The molecule has 0 unspecified atom stereocenters. The van der Waals surface area contributed by atoms with E-state index in [1.165, 1.54) is 0 Å². The summed E-state index contributed by atoms with van der Waals surface area (Å²) in [6.45, 7) is 7.44. The van der Waals surface area contributed by atoms with Gasteiger partial charge in [-0.1, -0.05) is 6.07 Å². The molecule has 124 valence electrons. The van der Waals surface area contributed by atoms with E-state index < -0.39 is 5.60 Å². The van der Waals surface area contributed by atoms with Gasteiger partial charge >= 0.3 is 0 Å². The van der Waals surface area contributed by atoms with Gasteiger partial charge in [0.1, 0.15) is 5.75 Å². The topological polar surface area (TPSA) is 66.2 Å². The van der Waals surface area contributed by atoms with Crippen LogP contribution >= 0.6 is 0 Å². The number of phenolic OH excluding ortho intramolecular Hbond substituents is 1. The van der Waals surface area contributed by atoms with Crippen LogP contribution in [0.5, 0.6) is 5.75 Å². The van der Waals surface area contributed by atoms with Crippen LogP contribution in [0.2, 0.25) is 0 Å². The Morgan fingerprint density at radius 2 is 1.71 bits per heavy atom. The van der Waals surface area contributed by atoms with Gasteiger partial charge in [0.05, 0.1) is 11.3 Å². The minimum Gasteiger partial charge on any atom is -0.507 e. The van der Waals surface area contributed by atoms with Crippen LogP contribution in [0.25, 0.3) is 22.3 Å². The molecule has 0 saturated heterocycles. The van der Waals surface area contributed by atoms with Crippen LogP contribution in [0.3, 0.4) is 0 Å². The van der Waals surface area contributed by atoms with Crippen molar-refractivity contribution in [3.8, 4) is 17.0 Å². The fraction of sp³-hybridized carbons (Fsp3) is 0.300. The maximum atomic E-state index is 10.3. The second-order valence-corrected chi connectivity index (χ2v) is 7.01. The van der Waals surface area contributed by atoms with Gasteiger partial charge in [-0.3, -0.25) is 0 Å². The van der Waals surface area contributed by atoms with Gasteiger partial charge in [0.15, 0.2) is 5.65 Å². The number of hydrogen-bond donors (Lipinski definition) is 2. The molecule has 2 heterocycles. The summed E-state index contributed by atoms with van der Waals surface area (Å²) < 4.78 is 0. The van der Waals surface area contributed by atoms with Crippen molar-refractivity contribution in [2.45, 2.75) is 39.7 Å². The summed E-state index contributed by atoms with van der Waals surface area (Å²) in [7, 11) is 0. The number of phenols is 1. The number of aromatic hydroxyl groups is 1. The van der Waals surface area contributed by atoms with Gasteiger partial charge in [-0.15, -0.1) is 0 Å². The van der Waals surface area contributed by atoms with Gasteiger partial charge in [-0.2, -0.15) is 0 Å². The Hall–Kier alpha value is -2.46. The van der Waals surface area contributed by atoms with Gasteiger partial charge in [0.2, 0.25) is 0 Å². The van der Waals surface area contributed by atoms with Crippen molar-refractivity contribution >= 4 is 11.0 Å². The Morgan fingerprint density at radius 3 is 2.38 bits per heavy atom. The lowest BCUT2D eigenvalue weighted by Crippen LogP contribution is -2.22. The number of rotatable bonds is 3. The zero-order valence-electron chi connectivity index (χ0n) is 14.5. The lowest BCUT2D eigenvalue weighted by molar-refractivity contribution is 0.0800. The highest BCUT2D eigenvalue weighted by molar-refractivity contribution is 5.80. The highest BCUT2D eigenvalue weighted by atomic mass is 16.3. The van der Waals surface area contributed by atoms with Crippen molar-refractivity contribution in [2.75, 3.05) is 0 Å². The summed E-state index contributed by atoms with van der Waals surface area (Å²) in [4.78, 5) is 9.21. The summed E-state index contributed by atoms with van der Waals surface area (Å²) in [5.74, 6) is 0.229. The molecule has 0 aliphatic rings. The van der Waals surface area contributed by atoms with Crippen molar-refractivity contribution in [3.05, 3.63) is 53.2 Å². The highest BCUT2D eigenvalue weighted by Gasteiger charge is 2.16. The normalized spacial score (nSPS) is 11.9. The Labute approximate surface area is 141 Å². The van der Waals surface area contributed by atoms with E-state index in [-0.39, 0.29) is 5.75 Å². The second-order valence-electron chi connectivity index (χ2n) is 7.01. The third-order valence-corrected chi connectivity index (χ3v) is 3.94. The monoisotopic (exact) mass is 322 g/mol. The maximum absolute atomic E-state index is 10.3. The molecular formula is C20H22N2O2. The zero-order chi connectivity index (χ0) is 17.5. The molecule has 3 aromatic rings. The van der Waals surface area contributed by atoms with E-state index in [0.29, 0.717) is 17.8 Å². The minimum atomic E-state index is -0.815. The van der Waals surface area contributed by atoms with E-state index in [1.54, 1.807) is 19.9 Å². The largest absolute Gasteiger partial charge is 0.507 e. The van der Waals surface area contributed by atoms with Crippen LogP contribution in [0, 0.1) is 13.8 Å². The van der Waals surface area contributed by atoms with Crippen LogP contribution in [-0.2, 0) is 6.42 Å². The van der Waals surface area contributed by atoms with Gasteiger partial charge in [0.25, 0.3) is 0 Å². The maximum Gasteiger partial charge on any atom is 0.160 e. The summed E-state index contributed by atoms with van der Waals surface area (Å²) in [6, 6.07) is 11.5. The van der Waals surface area contributed by atoms with Gasteiger partial charge in [-0.05, 0) is 69.2 Å². The van der Waals surface area contributed by atoms with Crippen LogP contribution in [-0.4, -0.2) is 25.8 Å². The van der Waals surface area contributed by atoms with Crippen molar-refractivity contribution in [2.24, 2.45) is 0 Å². The van der Waals surface area contributed by atoms with E-state index in [0.717, 1.165) is 27.8 Å². The fourth-order valence-corrected chi connectivity index (χ4v) is 3.00. The summed E-state index contributed by atoms with van der Waals surface area (Å²) in [5, 5.41) is 21.2. The smallest absolute Gasteiger partial charge is 0.160 e. The number of aryl methyl sites for hydroxylation is 2. The van der Waals surface area contributed by atoms with Crippen LogP contribution in [0.15, 0.2) is 36.4 Å². The molecule has 4 nitrogen and oxygen atoms in total. The molecule has 3 rings (SSSR count). The molecule has 0 aliphatic heterocycles. The SMILES string of the molecule is Cc1cc(C)c(-c2ccc3ccc(CC(C)(C)O)nc3n2)c(O)c1. The first-order valence-corrected chi connectivity index (χ1v) is 8.02. The number of aliphatic hydroxyl groups is 1. The van der Waals surface area contributed by atoms with E-state index in [9.17, 15) is 10.2 Å². The molecule has 1 aromatic carbocycles. The number of fused-ring (bicyclic) bond motifs is 1. The molecule has 0 spiro atoms. The summed E-state index contributed by atoms with van der Waals surface area (Å²) in [5.41, 5.74) is 4.03. The second kappa shape index (κ2) is 5.87. The van der Waals surface area contributed by atoms with Crippen molar-refractivity contribution < 1.29 is 10.2 Å². The molecule has 0 fully saturated rings. The highest BCUT2D eigenvalue weighted by Crippen LogP contribution is 2.33. The molecule has 24 heavy (non-hydrogen) atoms. The average Bonchev–Trinajstić information content (AvgIpc) is 2.44.